The van der Waals surface area contributed by atoms with Gasteiger partial charge in [-0.05, 0) is 59.6 Å². The summed E-state index contributed by atoms with van der Waals surface area (Å²) in [5, 5.41) is -0.479. The maximum atomic E-state index is 12.4. The quantitative estimate of drug-likeness (QED) is 0.586. The van der Waals surface area contributed by atoms with Crippen LogP contribution in [0.4, 0.5) is 0 Å². The second kappa shape index (κ2) is 7.69. The summed E-state index contributed by atoms with van der Waals surface area (Å²) in [6, 6.07) is 12.3. The number of benzene rings is 2. The molecule has 0 aliphatic carbocycles. The highest BCUT2D eigenvalue weighted by Gasteiger charge is 2.18. The SMILES string of the molecule is CC(C)S(=O)(=O)c1ccc(CC(=O)N=c2sc3cccc(Br)c3n2C)cc1. The number of carbonyl (C=O) groups is 1. The van der Waals surface area contributed by atoms with Crippen molar-refractivity contribution >= 4 is 53.2 Å². The molecule has 0 unspecified atom stereocenters. The van der Waals surface area contributed by atoms with Crippen molar-refractivity contribution < 1.29 is 13.2 Å². The lowest BCUT2D eigenvalue weighted by Gasteiger charge is -2.08. The van der Waals surface area contributed by atoms with Crippen molar-refractivity contribution in [1.82, 2.24) is 4.57 Å². The van der Waals surface area contributed by atoms with Crippen LogP contribution in [-0.4, -0.2) is 24.1 Å². The summed E-state index contributed by atoms with van der Waals surface area (Å²) >= 11 is 4.98. The molecule has 0 N–H and O–H groups in total. The molecular formula is C19H19BrN2O3S2. The van der Waals surface area contributed by atoms with Gasteiger partial charge >= 0.3 is 0 Å². The molecule has 2 aromatic carbocycles. The van der Waals surface area contributed by atoms with Crippen molar-refractivity contribution in [1.29, 1.82) is 0 Å². The normalized spacial score (nSPS) is 12.9. The first kappa shape index (κ1) is 20.0. The largest absolute Gasteiger partial charge is 0.318 e. The number of hydrogen-bond donors (Lipinski definition) is 0. The number of rotatable bonds is 4. The van der Waals surface area contributed by atoms with Crippen molar-refractivity contribution in [2.45, 2.75) is 30.4 Å². The Balaban J connectivity index is 1.85. The van der Waals surface area contributed by atoms with Gasteiger partial charge < -0.3 is 4.57 Å². The van der Waals surface area contributed by atoms with Crippen molar-refractivity contribution in [2.75, 3.05) is 0 Å². The van der Waals surface area contributed by atoms with Gasteiger partial charge in [-0.1, -0.05) is 29.5 Å². The molecule has 8 heteroatoms. The summed E-state index contributed by atoms with van der Waals surface area (Å²) in [5.41, 5.74) is 1.73. The standard InChI is InChI=1S/C19H19BrN2O3S2/c1-12(2)27(24,25)14-9-7-13(8-10-14)11-17(23)21-19-22(3)18-15(20)5-4-6-16(18)26-19/h4-10,12H,11H2,1-3H3. The summed E-state index contributed by atoms with van der Waals surface area (Å²) < 4.78 is 28.2. The van der Waals surface area contributed by atoms with Gasteiger partial charge in [0.15, 0.2) is 14.6 Å². The summed E-state index contributed by atoms with van der Waals surface area (Å²) in [4.78, 5) is 17.5. The van der Waals surface area contributed by atoms with E-state index in [-0.39, 0.29) is 17.2 Å². The van der Waals surface area contributed by atoms with Gasteiger partial charge in [0.25, 0.3) is 5.91 Å². The molecule has 1 heterocycles. The van der Waals surface area contributed by atoms with Gasteiger partial charge in [-0.3, -0.25) is 4.79 Å². The zero-order valence-corrected chi connectivity index (χ0v) is 18.4. The summed E-state index contributed by atoms with van der Waals surface area (Å²) in [7, 11) is -1.43. The molecule has 0 atom stereocenters. The first-order valence-corrected chi connectivity index (χ1v) is 11.5. The Kier molecular flexibility index (Phi) is 5.69. The lowest BCUT2D eigenvalue weighted by Crippen LogP contribution is -2.15. The zero-order valence-electron chi connectivity index (χ0n) is 15.1. The van der Waals surface area contributed by atoms with Gasteiger partial charge in [-0.2, -0.15) is 4.99 Å². The molecule has 3 aromatic rings. The van der Waals surface area contributed by atoms with Gasteiger partial charge in [0.1, 0.15) is 0 Å². The average molecular weight is 467 g/mol. The minimum absolute atomic E-state index is 0.122. The Labute approximate surface area is 170 Å². The van der Waals surface area contributed by atoms with Crippen LogP contribution in [-0.2, 0) is 28.1 Å². The van der Waals surface area contributed by atoms with E-state index in [1.165, 1.54) is 11.3 Å². The first-order chi connectivity index (χ1) is 12.7. The molecular weight excluding hydrogens is 448 g/mol. The highest BCUT2D eigenvalue weighted by molar-refractivity contribution is 9.10. The number of halogens is 1. The van der Waals surface area contributed by atoms with E-state index in [1.54, 1.807) is 38.1 Å². The smallest absolute Gasteiger partial charge is 0.252 e. The van der Waals surface area contributed by atoms with E-state index in [9.17, 15) is 13.2 Å². The number of hydrogen-bond acceptors (Lipinski definition) is 4. The van der Waals surface area contributed by atoms with E-state index in [4.69, 9.17) is 0 Å². The van der Waals surface area contributed by atoms with Crippen molar-refractivity contribution in [3.8, 4) is 0 Å². The van der Waals surface area contributed by atoms with E-state index >= 15 is 0 Å². The molecule has 3 rings (SSSR count). The monoisotopic (exact) mass is 466 g/mol. The Bertz CT molecular complexity index is 1170. The van der Waals surface area contributed by atoms with Crippen molar-refractivity contribution in [2.24, 2.45) is 12.0 Å². The van der Waals surface area contributed by atoms with Crippen LogP contribution < -0.4 is 4.80 Å². The van der Waals surface area contributed by atoms with E-state index in [0.717, 1.165) is 20.3 Å². The Morgan fingerprint density at radius 3 is 2.44 bits per heavy atom. The lowest BCUT2D eigenvalue weighted by atomic mass is 10.1. The third-order valence-electron chi connectivity index (χ3n) is 4.22. The summed E-state index contributed by atoms with van der Waals surface area (Å²) in [6.45, 7) is 3.30. The fourth-order valence-electron chi connectivity index (χ4n) is 2.65. The Hall–Kier alpha value is -1.77. The predicted molar refractivity (Wildman–Crippen MR) is 112 cm³/mol. The third-order valence-corrected chi connectivity index (χ3v) is 8.13. The Morgan fingerprint density at radius 2 is 1.85 bits per heavy atom. The number of thiazole rings is 1. The average Bonchev–Trinajstić information content (AvgIpc) is 2.92. The van der Waals surface area contributed by atoms with E-state index in [1.807, 2.05) is 29.8 Å². The van der Waals surface area contributed by atoms with E-state index in [0.29, 0.717) is 4.80 Å². The third kappa shape index (κ3) is 4.07. The molecule has 0 saturated carbocycles. The van der Waals surface area contributed by atoms with Gasteiger partial charge in [0, 0.05) is 11.5 Å². The molecule has 0 aliphatic heterocycles. The molecule has 0 fully saturated rings. The molecule has 0 spiro atoms. The fraction of sp³-hybridized carbons (Fsp3) is 0.263. The number of sulfone groups is 1. The number of para-hydroxylation sites is 1. The van der Waals surface area contributed by atoms with Crippen LogP contribution in [0.5, 0.6) is 0 Å². The molecule has 27 heavy (non-hydrogen) atoms. The Morgan fingerprint density at radius 1 is 1.19 bits per heavy atom. The predicted octanol–water partition coefficient (Wildman–Crippen LogP) is 3.85. The van der Waals surface area contributed by atoms with Crippen LogP contribution in [0, 0.1) is 0 Å². The minimum atomic E-state index is -3.31. The van der Waals surface area contributed by atoms with Crippen LogP contribution in [0.3, 0.4) is 0 Å². The molecule has 0 bridgehead atoms. The number of fused-ring (bicyclic) bond motifs is 1. The number of nitrogens with zero attached hydrogens (tertiary/aromatic N) is 2. The molecule has 0 aliphatic rings. The number of aryl methyl sites for hydroxylation is 1. The number of carbonyl (C=O) groups excluding carboxylic acids is 1. The van der Waals surface area contributed by atoms with Crippen LogP contribution in [0.2, 0.25) is 0 Å². The lowest BCUT2D eigenvalue weighted by molar-refractivity contribution is -0.117. The molecule has 5 nitrogen and oxygen atoms in total. The van der Waals surface area contributed by atoms with Gasteiger partial charge in [0.05, 0.1) is 26.8 Å². The van der Waals surface area contributed by atoms with Crippen LogP contribution in [0.25, 0.3) is 10.2 Å². The minimum Gasteiger partial charge on any atom is -0.318 e. The van der Waals surface area contributed by atoms with E-state index in [2.05, 4.69) is 20.9 Å². The maximum Gasteiger partial charge on any atom is 0.252 e. The molecule has 0 radical (unpaired) electrons. The van der Waals surface area contributed by atoms with Gasteiger partial charge in [-0.25, -0.2) is 8.42 Å². The van der Waals surface area contributed by atoms with Crippen molar-refractivity contribution in [3.63, 3.8) is 0 Å². The number of amides is 1. The maximum absolute atomic E-state index is 12.4. The molecule has 142 valence electrons. The van der Waals surface area contributed by atoms with Gasteiger partial charge in [-0.15, -0.1) is 0 Å². The second-order valence-electron chi connectivity index (χ2n) is 6.45. The highest BCUT2D eigenvalue weighted by Crippen LogP contribution is 2.25. The summed E-state index contributed by atoms with van der Waals surface area (Å²) in [6.07, 6.45) is 0.122. The topological polar surface area (TPSA) is 68.5 Å². The highest BCUT2D eigenvalue weighted by atomic mass is 79.9. The summed E-state index contributed by atoms with van der Waals surface area (Å²) in [5.74, 6) is -0.271. The van der Waals surface area contributed by atoms with Crippen LogP contribution in [0.15, 0.2) is 56.8 Å². The fourth-order valence-corrected chi connectivity index (χ4v) is 5.54. The van der Waals surface area contributed by atoms with E-state index < -0.39 is 15.1 Å². The molecule has 1 amide bonds. The first-order valence-electron chi connectivity index (χ1n) is 8.34. The number of aromatic nitrogens is 1. The zero-order chi connectivity index (χ0) is 19.8. The van der Waals surface area contributed by atoms with Crippen LogP contribution >= 0.6 is 27.3 Å². The van der Waals surface area contributed by atoms with Crippen LogP contribution in [0.1, 0.15) is 19.4 Å². The second-order valence-corrected chi connectivity index (χ2v) is 10.8. The van der Waals surface area contributed by atoms with Crippen molar-refractivity contribution in [3.05, 3.63) is 57.3 Å². The molecule has 0 saturated heterocycles. The van der Waals surface area contributed by atoms with Gasteiger partial charge in [0.2, 0.25) is 0 Å². The molecule has 1 aromatic heterocycles.